The largest absolute Gasteiger partial charge is 0.496 e. The fourth-order valence-corrected chi connectivity index (χ4v) is 2.53. The molecular formula is C18H22ClNO. The van der Waals surface area contributed by atoms with E-state index in [4.69, 9.17) is 16.3 Å². The zero-order chi connectivity index (χ0) is 15.2. The number of hydrogen-bond acceptors (Lipinski definition) is 2. The second kappa shape index (κ2) is 7.48. The molecule has 1 unspecified atom stereocenters. The molecule has 21 heavy (non-hydrogen) atoms. The van der Waals surface area contributed by atoms with Crippen molar-refractivity contribution in [1.29, 1.82) is 0 Å². The highest BCUT2D eigenvalue weighted by Crippen LogP contribution is 2.31. The Morgan fingerprint density at radius 2 is 1.86 bits per heavy atom. The van der Waals surface area contributed by atoms with Crippen LogP contribution in [0.4, 0.5) is 0 Å². The number of halogens is 1. The van der Waals surface area contributed by atoms with Crippen molar-refractivity contribution in [1.82, 2.24) is 5.32 Å². The molecule has 0 saturated carbocycles. The van der Waals surface area contributed by atoms with Crippen LogP contribution in [-0.2, 0) is 0 Å². The Hall–Kier alpha value is -1.51. The average molecular weight is 304 g/mol. The van der Waals surface area contributed by atoms with E-state index >= 15 is 0 Å². The third kappa shape index (κ3) is 3.99. The molecule has 0 radical (unpaired) electrons. The van der Waals surface area contributed by atoms with Gasteiger partial charge in [-0.1, -0.05) is 42.8 Å². The van der Waals surface area contributed by atoms with Crippen molar-refractivity contribution >= 4 is 11.6 Å². The summed E-state index contributed by atoms with van der Waals surface area (Å²) in [5.74, 6) is 0.915. The summed E-state index contributed by atoms with van der Waals surface area (Å²) in [5, 5.41) is 4.35. The fourth-order valence-electron chi connectivity index (χ4n) is 2.41. The molecule has 0 fully saturated rings. The van der Waals surface area contributed by atoms with E-state index < -0.39 is 0 Å². The number of ether oxygens (including phenoxy) is 1. The van der Waals surface area contributed by atoms with Crippen LogP contribution < -0.4 is 10.1 Å². The summed E-state index contributed by atoms with van der Waals surface area (Å²) in [7, 11) is 1.72. The van der Waals surface area contributed by atoms with Crippen molar-refractivity contribution in [2.24, 2.45) is 0 Å². The van der Waals surface area contributed by atoms with Gasteiger partial charge in [-0.05, 0) is 49.2 Å². The minimum Gasteiger partial charge on any atom is -0.496 e. The second-order valence-electron chi connectivity index (χ2n) is 5.18. The van der Waals surface area contributed by atoms with Gasteiger partial charge in [-0.3, -0.25) is 0 Å². The summed E-state index contributed by atoms with van der Waals surface area (Å²) < 4.78 is 5.57. The van der Waals surface area contributed by atoms with E-state index in [0.717, 1.165) is 29.3 Å². The van der Waals surface area contributed by atoms with Gasteiger partial charge in [0.2, 0.25) is 0 Å². The Morgan fingerprint density at radius 1 is 1.14 bits per heavy atom. The summed E-state index contributed by atoms with van der Waals surface area (Å²) in [4.78, 5) is 0. The molecule has 0 aliphatic carbocycles. The van der Waals surface area contributed by atoms with E-state index in [-0.39, 0.29) is 6.04 Å². The molecule has 2 aromatic carbocycles. The van der Waals surface area contributed by atoms with E-state index in [0.29, 0.717) is 0 Å². The minimum atomic E-state index is 0.109. The highest BCUT2D eigenvalue weighted by Gasteiger charge is 2.17. The van der Waals surface area contributed by atoms with Gasteiger partial charge >= 0.3 is 0 Å². The van der Waals surface area contributed by atoms with Crippen molar-refractivity contribution in [3.05, 3.63) is 64.2 Å². The van der Waals surface area contributed by atoms with Crippen molar-refractivity contribution in [2.45, 2.75) is 26.3 Å². The van der Waals surface area contributed by atoms with Crippen LogP contribution in [0.15, 0.2) is 42.5 Å². The SMILES string of the molecule is CCCNC(c1ccc(Cl)cc1)c1ccc(C)cc1OC. The highest BCUT2D eigenvalue weighted by molar-refractivity contribution is 6.30. The molecule has 2 rings (SSSR count). The summed E-state index contributed by atoms with van der Waals surface area (Å²) in [6.45, 7) is 5.19. The van der Waals surface area contributed by atoms with Crippen LogP contribution in [0.5, 0.6) is 5.75 Å². The van der Waals surface area contributed by atoms with Crippen molar-refractivity contribution in [3.63, 3.8) is 0 Å². The molecule has 1 N–H and O–H groups in total. The maximum Gasteiger partial charge on any atom is 0.124 e. The van der Waals surface area contributed by atoms with Gasteiger partial charge in [-0.15, -0.1) is 0 Å². The van der Waals surface area contributed by atoms with E-state index in [1.165, 1.54) is 11.1 Å². The van der Waals surface area contributed by atoms with Gasteiger partial charge in [0.05, 0.1) is 13.2 Å². The maximum atomic E-state index is 6.00. The molecule has 2 aromatic rings. The number of methoxy groups -OCH3 is 1. The van der Waals surface area contributed by atoms with Crippen LogP contribution in [0.25, 0.3) is 0 Å². The Balaban J connectivity index is 2.42. The number of aryl methyl sites for hydroxylation is 1. The van der Waals surface area contributed by atoms with Crippen molar-refractivity contribution in [2.75, 3.05) is 13.7 Å². The normalized spacial score (nSPS) is 12.2. The molecule has 3 heteroatoms. The smallest absolute Gasteiger partial charge is 0.124 e. The molecule has 0 heterocycles. The first-order valence-electron chi connectivity index (χ1n) is 7.29. The van der Waals surface area contributed by atoms with E-state index in [1.54, 1.807) is 7.11 Å². The molecule has 0 bridgehead atoms. The third-order valence-electron chi connectivity index (χ3n) is 3.50. The lowest BCUT2D eigenvalue weighted by atomic mass is 9.96. The van der Waals surface area contributed by atoms with Crippen LogP contribution in [-0.4, -0.2) is 13.7 Å². The highest BCUT2D eigenvalue weighted by atomic mass is 35.5. The Labute approximate surface area is 132 Å². The van der Waals surface area contributed by atoms with Gasteiger partial charge in [0.25, 0.3) is 0 Å². The first-order valence-corrected chi connectivity index (χ1v) is 7.67. The molecule has 0 aliphatic heterocycles. The van der Waals surface area contributed by atoms with Crippen LogP contribution in [0.1, 0.15) is 36.1 Å². The van der Waals surface area contributed by atoms with Crippen molar-refractivity contribution in [3.8, 4) is 5.75 Å². The van der Waals surface area contributed by atoms with Crippen LogP contribution in [0, 0.1) is 6.92 Å². The fraction of sp³-hybridized carbons (Fsp3) is 0.333. The van der Waals surface area contributed by atoms with E-state index in [1.807, 2.05) is 12.1 Å². The first kappa shape index (κ1) is 15.9. The molecule has 0 amide bonds. The first-order chi connectivity index (χ1) is 10.2. The van der Waals surface area contributed by atoms with Crippen LogP contribution in [0.2, 0.25) is 5.02 Å². The number of benzene rings is 2. The van der Waals surface area contributed by atoms with E-state index in [9.17, 15) is 0 Å². The second-order valence-corrected chi connectivity index (χ2v) is 5.62. The molecule has 2 nitrogen and oxygen atoms in total. The van der Waals surface area contributed by atoms with Gasteiger partial charge in [-0.2, -0.15) is 0 Å². The predicted molar refractivity (Wildman–Crippen MR) is 89.3 cm³/mol. The summed E-state index contributed by atoms with van der Waals surface area (Å²) in [6, 6.07) is 14.4. The lowest BCUT2D eigenvalue weighted by molar-refractivity contribution is 0.403. The Kier molecular flexibility index (Phi) is 5.66. The zero-order valence-electron chi connectivity index (χ0n) is 12.8. The Bertz CT molecular complexity index is 580. The molecular weight excluding hydrogens is 282 g/mol. The molecule has 1 atom stereocenters. The number of nitrogens with one attached hydrogen (secondary N) is 1. The lowest BCUT2D eigenvalue weighted by Gasteiger charge is -2.22. The average Bonchev–Trinajstić information content (AvgIpc) is 2.50. The van der Waals surface area contributed by atoms with E-state index in [2.05, 4.69) is 49.5 Å². The van der Waals surface area contributed by atoms with Gasteiger partial charge in [0.15, 0.2) is 0 Å². The standard InChI is InChI=1S/C18H22ClNO/c1-4-11-20-18(14-6-8-15(19)9-7-14)16-10-5-13(2)12-17(16)21-3/h5-10,12,18,20H,4,11H2,1-3H3. The van der Waals surface area contributed by atoms with Gasteiger partial charge < -0.3 is 10.1 Å². The summed E-state index contributed by atoms with van der Waals surface area (Å²) in [6.07, 6.45) is 1.08. The van der Waals surface area contributed by atoms with Crippen LogP contribution >= 0.6 is 11.6 Å². The minimum absolute atomic E-state index is 0.109. The zero-order valence-corrected chi connectivity index (χ0v) is 13.6. The Morgan fingerprint density at radius 3 is 2.48 bits per heavy atom. The number of hydrogen-bond donors (Lipinski definition) is 1. The molecule has 0 saturated heterocycles. The van der Waals surface area contributed by atoms with Crippen molar-refractivity contribution < 1.29 is 4.74 Å². The molecule has 0 aliphatic rings. The third-order valence-corrected chi connectivity index (χ3v) is 3.75. The van der Waals surface area contributed by atoms with Crippen LogP contribution in [0.3, 0.4) is 0 Å². The maximum absolute atomic E-state index is 6.00. The predicted octanol–water partition coefficient (Wildman–Crippen LogP) is 4.75. The van der Waals surface area contributed by atoms with Gasteiger partial charge in [0, 0.05) is 10.6 Å². The topological polar surface area (TPSA) is 21.3 Å². The van der Waals surface area contributed by atoms with Gasteiger partial charge in [-0.25, -0.2) is 0 Å². The molecule has 0 aromatic heterocycles. The quantitative estimate of drug-likeness (QED) is 0.832. The summed E-state index contributed by atoms with van der Waals surface area (Å²) >= 11 is 6.00. The van der Waals surface area contributed by atoms with Gasteiger partial charge in [0.1, 0.15) is 5.75 Å². The lowest BCUT2D eigenvalue weighted by Crippen LogP contribution is -2.23. The molecule has 112 valence electrons. The number of rotatable bonds is 6. The monoisotopic (exact) mass is 303 g/mol. The summed E-state index contributed by atoms with van der Waals surface area (Å²) in [5.41, 5.74) is 3.54. The molecule has 0 spiro atoms.